The summed E-state index contributed by atoms with van der Waals surface area (Å²) in [5.41, 5.74) is 0. The second-order valence-electron chi connectivity index (χ2n) is 3.71. The summed E-state index contributed by atoms with van der Waals surface area (Å²) in [6.45, 7) is 2.92. The lowest BCUT2D eigenvalue weighted by Crippen LogP contribution is -2.42. The van der Waals surface area contributed by atoms with Crippen LogP contribution in [0.5, 0.6) is 0 Å². The Morgan fingerprint density at radius 2 is 1.88 bits per heavy atom. The number of rotatable bonds is 6. The van der Waals surface area contributed by atoms with Crippen LogP contribution in [0.25, 0.3) is 0 Å². The average molecular weight is 243 g/mol. The van der Waals surface area contributed by atoms with Crippen molar-refractivity contribution < 1.29 is 22.4 Å². The van der Waals surface area contributed by atoms with Gasteiger partial charge in [0.1, 0.15) is 0 Å². The molecule has 0 bridgehead atoms. The van der Waals surface area contributed by atoms with Crippen LogP contribution in [0.1, 0.15) is 33.1 Å². The first kappa shape index (κ1) is 15.2. The molecule has 0 radical (unpaired) electrons. The Morgan fingerprint density at radius 3 is 2.25 bits per heavy atom. The molecule has 0 aliphatic heterocycles. The third-order valence-electron chi connectivity index (χ3n) is 2.11. The van der Waals surface area contributed by atoms with Crippen LogP contribution in [0, 0.1) is 0 Å². The molecule has 0 spiro atoms. The fourth-order valence-corrected chi connectivity index (χ4v) is 1.18. The largest absolute Gasteiger partial charge is 0.471 e. The quantitative estimate of drug-likeness (QED) is 0.657. The van der Waals surface area contributed by atoms with Gasteiger partial charge < -0.3 is 4.90 Å². The van der Waals surface area contributed by atoms with Crippen LogP contribution in [-0.2, 0) is 4.79 Å². The molecule has 0 fully saturated rings. The summed E-state index contributed by atoms with van der Waals surface area (Å²) in [5.74, 6) is -1.87. The molecule has 0 N–H and O–H groups in total. The Labute approximate surface area is 92.6 Å². The van der Waals surface area contributed by atoms with E-state index < -0.39 is 18.3 Å². The number of carbonyl (C=O) groups is 1. The van der Waals surface area contributed by atoms with Crippen molar-refractivity contribution in [3.63, 3.8) is 0 Å². The van der Waals surface area contributed by atoms with Crippen molar-refractivity contribution in [3.8, 4) is 0 Å². The zero-order chi connectivity index (χ0) is 12.8. The van der Waals surface area contributed by atoms with Gasteiger partial charge in [0.25, 0.3) is 0 Å². The maximum Gasteiger partial charge on any atom is 0.471 e. The van der Waals surface area contributed by atoms with Crippen LogP contribution in [-0.4, -0.2) is 36.2 Å². The van der Waals surface area contributed by atoms with Gasteiger partial charge in [0, 0.05) is 13.1 Å². The number of carbonyl (C=O) groups excluding carboxylic acids is 1. The van der Waals surface area contributed by atoms with Gasteiger partial charge in [-0.3, -0.25) is 4.79 Å². The van der Waals surface area contributed by atoms with Crippen LogP contribution < -0.4 is 0 Å². The molecule has 0 heterocycles. The van der Waals surface area contributed by atoms with E-state index in [1.165, 1.54) is 6.92 Å². The second kappa shape index (κ2) is 6.70. The normalized spacial score (nSPS) is 13.6. The molecule has 2 nitrogen and oxygen atoms in total. The summed E-state index contributed by atoms with van der Waals surface area (Å²) >= 11 is 0. The number of unbranched alkanes of at least 4 members (excludes halogenated alkanes) is 1. The first-order chi connectivity index (χ1) is 7.29. The summed E-state index contributed by atoms with van der Waals surface area (Å²) in [5, 5.41) is 0. The van der Waals surface area contributed by atoms with Crippen molar-refractivity contribution >= 4 is 5.91 Å². The van der Waals surface area contributed by atoms with E-state index in [-0.39, 0.29) is 19.5 Å². The van der Waals surface area contributed by atoms with Crippen LogP contribution in [0.4, 0.5) is 17.6 Å². The van der Waals surface area contributed by atoms with Gasteiger partial charge in [0.05, 0.1) is 6.17 Å². The first-order valence-electron chi connectivity index (χ1n) is 5.29. The van der Waals surface area contributed by atoms with Gasteiger partial charge in [-0.05, 0) is 19.8 Å². The van der Waals surface area contributed by atoms with E-state index in [4.69, 9.17) is 0 Å². The Hall–Kier alpha value is -0.810. The summed E-state index contributed by atoms with van der Waals surface area (Å²) in [6.07, 6.45) is -4.96. The van der Waals surface area contributed by atoms with Crippen molar-refractivity contribution in [2.75, 3.05) is 13.1 Å². The molecule has 0 saturated heterocycles. The van der Waals surface area contributed by atoms with Crippen molar-refractivity contribution in [2.45, 2.75) is 45.5 Å². The van der Waals surface area contributed by atoms with Gasteiger partial charge in [-0.25, -0.2) is 4.39 Å². The second-order valence-corrected chi connectivity index (χ2v) is 3.71. The van der Waals surface area contributed by atoms with E-state index in [0.29, 0.717) is 17.7 Å². The Kier molecular flexibility index (Phi) is 6.36. The number of nitrogens with zero attached hydrogens (tertiary/aromatic N) is 1. The average Bonchev–Trinajstić information content (AvgIpc) is 2.15. The topological polar surface area (TPSA) is 20.3 Å². The van der Waals surface area contributed by atoms with Gasteiger partial charge in [-0.1, -0.05) is 13.3 Å². The van der Waals surface area contributed by atoms with Crippen LogP contribution >= 0.6 is 0 Å². The molecule has 1 amide bonds. The van der Waals surface area contributed by atoms with Crippen molar-refractivity contribution in [3.05, 3.63) is 0 Å². The van der Waals surface area contributed by atoms with Gasteiger partial charge >= 0.3 is 12.1 Å². The highest BCUT2D eigenvalue weighted by Gasteiger charge is 2.42. The third kappa shape index (κ3) is 5.92. The fraction of sp³-hybridized carbons (Fsp3) is 0.900. The molecule has 0 aromatic heterocycles. The SMILES string of the molecule is CCCCN(CCC(C)F)C(=O)C(F)(F)F. The molecule has 0 aromatic rings. The minimum absolute atomic E-state index is 0.0293. The predicted molar refractivity (Wildman–Crippen MR) is 52.7 cm³/mol. The molecule has 1 atom stereocenters. The predicted octanol–water partition coefficient (Wildman–Crippen LogP) is 2.93. The summed E-state index contributed by atoms with van der Waals surface area (Å²) in [7, 11) is 0. The molecule has 0 aliphatic rings. The Morgan fingerprint density at radius 1 is 1.31 bits per heavy atom. The molecule has 0 aliphatic carbocycles. The van der Waals surface area contributed by atoms with E-state index in [2.05, 4.69) is 0 Å². The fourth-order valence-electron chi connectivity index (χ4n) is 1.18. The third-order valence-corrected chi connectivity index (χ3v) is 2.11. The smallest absolute Gasteiger partial charge is 0.335 e. The molecular formula is C10H17F4NO. The van der Waals surface area contributed by atoms with Gasteiger partial charge in [0.15, 0.2) is 0 Å². The van der Waals surface area contributed by atoms with E-state index in [1.54, 1.807) is 0 Å². The van der Waals surface area contributed by atoms with Crippen LogP contribution in [0.2, 0.25) is 0 Å². The van der Waals surface area contributed by atoms with Gasteiger partial charge in [0.2, 0.25) is 0 Å². The molecule has 0 rings (SSSR count). The van der Waals surface area contributed by atoms with E-state index in [9.17, 15) is 22.4 Å². The molecule has 16 heavy (non-hydrogen) atoms. The minimum Gasteiger partial charge on any atom is -0.335 e. The standard InChI is InChI=1S/C10H17F4NO/c1-3-4-6-15(7-5-8(2)11)9(16)10(12,13)14/h8H,3-7H2,1-2H3. The van der Waals surface area contributed by atoms with E-state index in [0.717, 1.165) is 0 Å². The molecule has 0 aromatic carbocycles. The van der Waals surface area contributed by atoms with Crippen molar-refractivity contribution in [2.24, 2.45) is 0 Å². The highest BCUT2D eigenvalue weighted by Crippen LogP contribution is 2.19. The maximum atomic E-state index is 12.5. The van der Waals surface area contributed by atoms with Crippen LogP contribution in [0.3, 0.4) is 0 Å². The molecular weight excluding hydrogens is 226 g/mol. The Balaban J connectivity index is 4.35. The minimum atomic E-state index is -4.87. The number of amides is 1. The lowest BCUT2D eigenvalue weighted by Gasteiger charge is -2.23. The number of alkyl halides is 4. The zero-order valence-corrected chi connectivity index (χ0v) is 9.48. The van der Waals surface area contributed by atoms with E-state index in [1.807, 2.05) is 6.92 Å². The first-order valence-corrected chi connectivity index (χ1v) is 5.29. The summed E-state index contributed by atoms with van der Waals surface area (Å²) in [6, 6.07) is 0. The summed E-state index contributed by atoms with van der Waals surface area (Å²) in [4.78, 5) is 11.6. The van der Waals surface area contributed by atoms with E-state index >= 15 is 0 Å². The number of hydrogen-bond donors (Lipinski definition) is 0. The zero-order valence-electron chi connectivity index (χ0n) is 9.48. The lowest BCUT2D eigenvalue weighted by molar-refractivity contribution is -0.185. The lowest BCUT2D eigenvalue weighted by atomic mass is 10.2. The van der Waals surface area contributed by atoms with Gasteiger partial charge in [-0.2, -0.15) is 13.2 Å². The van der Waals surface area contributed by atoms with Crippen LogP contribution in [0.15, 0.2) is 0 Å². The monoisotopic (exact) mass is 243 g/mol. The molecule has 6 heteroatoms. The maximum absolute atomic E-state index is 12.5. The van der Waals surface area contributed by atoms with Crippen molar-refractivity contribution in [1.82, 2.24) is 4.90 Å². The molecule has 1 unspecified atom stereocenters. The molecule has 0 saturated carbocycles. The summed E-state index contributed by atoms with van der Waals surface area (Å²) < 4.78 is 49.0. The van der Waals surface area contributed by atoms with Gasteiger partial charge in [-0.15, -0.1) is 0 Å². The van der Waals surface area contributed by atoms with Crippen molar-refractivity contribution in [1.29, 1.82) is 0 Å². The highest BCUT2D eigenvalue weighted by atomic mass is 19.4. The highest BCUT2D eigenvalue weighted by molar-refractivity contribution is 5.81. The number of hydrogen-bond acceptors (Lipinski definition) is 1. The number of halogens is 4. The molecule has 96 valence electrons. The Bertz CT molecular complexity index is 215.